The molecule has 1 aromatic rings. The van der Waals surface area contributed by atoms with Gasteiger partial charge in [-0.2, -0.15) is 0 Å². The molecule has 4 nitrogen and oxygen atoms in total. The summed E-state index contributed by atoms with van der Waals surface area (Å²) < 4.78 is 4.84. The molecule has 0 aliphatic heterocycles. The first-order valence-electron chi connectivity index (χ1n) is 5.13. The van der Waals surface area contributed by atoms with Crippen LogP contribution in [0.1, 0.15) is 40.1 Å². The third-order valence-electron chi connectivity index (χ3n) is 2.23. The molecule has 0 amide bonds. The van der Waals surface area contributed by atoms with Gasteiger partial charge >= 0.3 is 11.9 Å². The lowest BCUT2D eigenvalue weighted by molar-refractivity contribution is 0.0525. The zero-order valence-corrected chi connectivity index (χ0v) is 9.32. The van der Waals surface area contributed by atoms with Crippen LogP contribution in [-0.2, 0) is 11.2 Å². The Balaban J connectivity index is 3.08. The maximum absolute atomic E-state index is 11.4. The maximum atomic E-state index is 11.4. The Kier molecular flexibility index (Phi) is 4.05. The molecule has 16 heavy (non-hydrogen) atoms. The second-order valence-electron chi connectivity index (χ2n) is 3.25. The third-order valence-corrected chi connectivity index (χ3v) is 2.23. The highest BCUT2D eigenvalue weighted by Gasteiger charge is 2.13. The van der Waals surface area contributed by atoms with E-state index in [2.05, 4.69) is 0 Å². The van der Waals surface area contributed by atoms with Crippen molar-refractivity contribution in [1.82, 2.24) is 0 Å². The van der Waals surface area contributed by atoms with E-state index in [1.165, 1.54) is 12.1 Å². The van der Waals surface area contributed by atoms with E-state index in [-0.39, 0.29) is 5.56 Å². The van der Waals surface area contributed by atoms with Crippen molar-refractivity contribution in [3.63, 3.8) is 0 Å². The molecule has 0 aromatic heterocycles. The van der Waals surface area contributed by atoms with Crippen molar-refractivity contribution < 1.29 is 19.4 Å². The van der Waals surface area contributed by atoms with Crippen molar-refractivity contribution in [2.45, 2.75) is 20.3 Å². The predicted molar refractivity (Wildman–Crippen MR) is 58.7 cm³/mol. The van der Waals surface area contributed by atoms with E-state index in [4.69, 9.17) is 9.84 Å². The second-order valence-corrected chi connectivity index (χ2v) is 3.25. The highest BCUT2D eigenvalue weighted by molar-refractivity contribution is 5.94. The van der Waals surface area contributed by atoms with Gasteiger partial charge in [0.05, 0.1) is 17.7 Å². The molecule has 0 bridgehead atoms. The van der Waals surface area contributed by atoms with Gasteiger partial charge in [0.2, 0.25) is 0 Å². The number of ether oxygens (including phenoxy) is 1. The minimum atomic E-state index is -0.979. The summed E-state index contributed by atoms with van der Waals surface area (Å²) in [6, 6.07) is 4.48. The molecule has 0 aliphatic rings. The van der Waals surface area contributed by atoms with Crippen LogP contribution in [0.15, 0.2) is 18.2 Å². The van der Waals surface area contributed by atoms with Crippen LogP contribution >= 0.6 is 0 Å². The summed E-state index contributed by atoms with van der Waals surface area (Å²) in [4.78, 5) is 22.3. The molecule has 86 valence electrons. The molecule has 1 aromatic carbocycles. The predicted octanol–water partition coefficient (Wildman–Crippen LogP) is 2.12. The van der Waals surface area contributed by atoms with Gasteiger partial charge in [-0.05, 0) is 37.1 Å². The number of carboxylic acids is 1. The first-order chi connectivity index (χ1) is 7.60. The van der Waals surface area contributed by atoms with Crippen LogP contribution in [0.4, 0.5) is 0 Å². The van der Waals surface area contributed by atoms with E-state index in [9.17, 15) is 9.59 Å². The summed E-state index contributed by atoms with van der Waals surface area (Å²) in [5.74, 6) is -1.40. The van der Waals surface area contributed by atoms with Crippen LogP contribution in [0.3, 0.4) is 0 Å². The number of carbonyl (C=O) groups is 2. The number of aryl methyl sites for hydroxylation is 1. The molecule has 0 aliphatic carbocycles. The SMILES string of the molecule is CCOC(=O)c1ccc(C(=O)O)c(CC)c1. The molecule has 0 heterocycles. The van der Waals surface area contributed by atoms with Crippen molar-refractivity contribution in [1.29, 1.82) is 0 Å². The first kappa shape index (κ1) is 12.2. The minimum absolute atomic E-state index is 0.232. The Morgan fingerprint density at radius 2 is 2.00 bits per heavy atom. The van der Waals surface area contributed by atoms with Crippen molar-refractivity contribution in [3.05, 3.63) is 34.9 Å². The normalized spacial score (nSPS) is 9.88. The van der Waals surface area contributed by atoms with Crippen LogP contribution in [0.25, 0.3) is 0 Å². The van der Waals surface area contributed by atoms with Crippen molar-refractivity contribution in [2.24, 2.45) is 0 Å². The van der Waals surface area contributed by atoms with Crippen LogP contribution < -0.4 is 0 Å². The number of hydrogen-bond donors (Lipinski definition) is 1. The Morgan fingerprint density at radius 3 is 2.50 bits per heavy atom. The summed E-state index contributed by atoms with van der Waals surface area (Å²) in [7, 11) is 0. The lowest BCUT2D eigenvalue weighted by Crippen LogP contribution is -2.08. The summed E-state index contributed by atoms with van der Waals surface area (Å²) in [6.45, 7) is 3.88. The maximum Gasteiger partial charge on any atom is 0.338 e. The average Bonchev–Trinajstić information content (AvgIpc) is 2.28. The van der Waals surface area contributed by atoms with Crippen LogP contribution in [0.5, 0.6) is 0 Å². The summed E-state index contributed by atoms with van der Waals surface area (Å²) in [6.07, 6.45) is 0.564. The summed E-state index contributed by atoms with van der Waals surface area (Å²) >= 11 is 0. The number of esters is 1. The Morgan fingerprint density at radius 1 is 1.31 bits per heavy atom. The zero-order chi connectivity index (χ0) is 12.1. The number of carboxylic acid groups (broad SMARTS) is 1. The molecular weight excluding hydrogens is 208 g/mol. The van der Waals surface area contributed by atoms with Crippen LogP contribution in [0.2, 0.25) is 0 Å². The quantitative estimate of drug-likeness (QED) is 0.792. The summed E-state index contributed by atoms with van der Waals surface area (Å²) in [5.41, 5.74) is 1.26. The minimum Gasteiger partial charge on any atom is -0.478 e. The Hall–Kier alpha value is -1.84. The molecule has 0 saturated carbocycles. The van der Waals surface area contributed by atoms with E-state index < -0.39 is 11.9 Å². The van der Waals surface area contributed by atoms with Gasteiger partial charge in [0.1, 0.15) is 0 Å². The number of benzene rings is 1. The van der Waals surface area contributed by atoms with Crippen molar-refractivity contribution in [2.75, 3.05) is 6.61 Å². The van der Waals surface area contributed by atoms with Gasteiger partial charge in [0.25, 0.3) is 0 Å². The van der Waals surface area contributed by atoms with Gasteiger partial charge in [-0.15, -0.1) is 0 Å². The molecule has 0 fully saturated rings. The topological polar surface area (TPSA) is 63.6 Å². The monoisotopic (exact) mass is 222 g/mol. The number of carbonyl (C=O) groups excluding carboxylic acids is 1. The average molecular weight is 222 g/mol. The van der Waals surface area contributed by atoms with Gasteiger partial charge in [0, 0.05) is 0 Å². The van der Waals surface area contributed by atoms with E-state index in [1.807, 2.05) is 6.92 Å². The molecule has 0 atom stereocenters. The largest absolute Gasteiger partial charge is 0.478 e. The third kappa shape index (κ3) is 2.59. The molecular formula is C12H14O4. The number of aromatic carboxylic acids is 1. The van der Waals surface area contributed by atoms with Crippen LogP contribution in [0, 0.1) is 0 Å². The lowest BCUT2D eigenvalue weighted by Gasteiger charge is -2.06. The molecule has 0 saturated heterocycles. The van der Waals surface area contributed by atoms with Gasteiger partial charge in [-0.25, -0.2) is 9.59 Å². The van der Waals surface area contributed by atoms with Crippen LogP contribution in [-0.4, -0.2) is 23.7 Å². The second kappa shape index (κ2) is 5.30. The number of rotatable bonds is 4. The van der Waals surface area contributed by atoms with Gasteiger partial charge in [0.15, 0.2) is 0 Å². The lowest BCUT2D eigenvalue weighted by atomic mass is 10.0. The molecule has 0 unspecified atom stereocenters. The van der Waals surface area contributed by atoms with Gasteiger partial charge in [-0.3, -0.25) is 0 Å². The van der Waals surface area contributed by atoms with E-state index >= 15 is 0 Å². The Bertz CT molecular complexity index is 409. The smallest absolute Gasteiger partial charge is 0.338 e. The fourth-order valence-electron chi connectivity index (χ4n) is 1.44. The van der Waals surface area contributed by atoms with Gasteiger partial charge < -0.3 is 9.84 Å². The molecule has 0 radical (unpaired) electrons. The van der Waals surface area contributed by atoms with Crippen molar-refractivity contribution in [3.8, 4) is 0 Å². The first-order valence-corrected chi connectivity index (χ1v) is 5.13. The fourth-order valence-corrected chi connectivity index (χ4v) is 1.44. The molecule has 4 heteroatoms. The summed E-state index contributed by atoms with van der Waals surface area (Å²) in [5, 5.41) is 8.91. The highest BCUT2D eigenvalue weighted by Crippen LogP contribution is 2.14. The fraction of sp³-hybridized carbons (Fsp3) is 0.333. The van der Waals surface area contributed by atoms with E-state index in [0.29, 0.717) is 24.2 Å². The van der Waals surface area contributed by atoms with Crippen molar-refractivity contribution >= 4 is 11.9 Å². The Labute approximate surface area is 93.9 Å². The molecule has 0 spiro atoms. The zero-order valence-electron chi connectivity index (χ0n) is 9.32. The van der Waals surface area contributed by atoms with Gasteiger partial charge in [-0.1, -0.05) is 6.92 Å². The molecule has 1 rings (SSSR count). The van der Waals surface area contributed by atoms with E-state index in [0.717, 1.165) is 0 Å². The number of hydrogen-bond acceptors (Lipinski definition) is 3. The highest BCUT2D eigenvalue weighted by atomic mass is 16.5. The molecule has 1 N–H and O–H groups in total. The standard InChI is InChI=1S/C12H14O4/c1-3-8-7-9(12(15)16-4-2)5-6-10(8)11(13)14/h5-7H,3-4H2,1-2H3,(H,13,14). The van der Waals surface area contributed by atoms with E-state index in [1.54, 1.807) is 13.0 Å².